The maximum Gasteiger partial charge on any atom is 0.237 e. The molecule has 0 bridgehead atoms. The number of aromatic nitrogens is 1. The van der Waals surface area contributed by atoms with Gasteiger partial charge in [0.05, 0.1) is 10.3 Å². The van der Waals surface area contributed by atoms with Crippen molar-refractivity contribution in [2.75, 3.05) is 11.1 Å². The molecule has 0 aliphatic rings. The van der Waals surface area contributed by atoms with Gasteiger partial charge in [-0.2, -0.15) is 0 Å². The number of amides is 1. The molecule has 2 aromatic rings. The second kappa shape index (κ2) is 6.83. The quantitative estimate of drug-likeness (QED) is 0.665. The summed E-state index contributed by atoms with van der Waals surface area (Å²) in [6, 6.07) is 8.93. The molecule has 6 heteroatoms. The number of nitrogens with two attached hydrogens (primary N) is 1. The molecule has 1 unspecified atom stereocenters. The molecule has 0 saturated carbocycles. The standard InChI is InChI=1S/C15H16ClN3OS/c1-9-5-6-11(17)8-13(9)19-14(20)10(2)21-15-12(16)4-3-7-18-15/h3-8,10H,17H2,1-2H3,(H,19,20). The molecule has 0 radical (unpaired) electrons. The van der Waals surface area contributed by atoms with Gasteiger partial charge in [0.1, 0.15) is 5.03 Å². The molecule has 0 saturated heterocycles. The molecule has 110 valence electrons. The highest BCUT2D eigenvalue weighted by Gasteiger charge is 2.17. The summed E-state index contributed by atoms with van der Waals surface area (Å²) in [5.74, 6) is -0.115. The van der Waals surface area contributed by atoms with E-state index in [1.807, 2.05) is 19.9 Å². The lowest BCUT2D eigenvalue weighted by atomic mass is 10.2. The van der Waals surface area contributed by atoms with Crippen LogP contribution in [0.2, 0.25) is 5.02 Å². The minimum Gasteiger partial charge on any atom is -0.399 e. The lowest BCUT2D eigenvalue weighted by Crippen LogP contribution is -2.23. The van der Waals surface area contributed by atoms with Crippen LogP contribution in [0.5, 0.6) is 0 Å². The number of rotatable bonds is 4. The topological polar surface area (TPSA) is 68.0 Å². The van der Waals surface area contributed by atoms with Crippen molar-refractivity contribution < 1.29 is 4.79 Å². The molecule has 1 amide bonds. The Morgan fingerprint density at radius 1 is 1.43 bits per heavy atom. The van der Waals surface area contributed by atoms with Crippen LogP contribution in [0.3, 0.4) is 0 Å². The van der Waals surface area contributed by atoms with E-state index in [1.165, 1.54) is 11.8 Å². The summed E-state index contributed by atoms with van der Waals surface area (Å²) in [5.41, 5.74) is 8.04. The fourth-order valence-corrected chi connectivity index (χ4v) is 2.75. The minimum atomic E-state index is -0.321. The third kappa shape index (κ3) is 4.12. The molecule has 2 rings (SSSR count). The van der Waals surface area contributed by atoms with E-state index in [-0.39, 0.29) is 11.2 Å². The molecule has 3 N–H and O–H groups in total. The second-order valence-electron chi connectivity index (χ2n) is 4.61. The molecule has 21 heavy (non-hydrogen) atoms. The van der Waals surface area contributed by atoms with Gasteiger partial charge in [-0.15, -0.1) is 0 Å². The number of anilines is 2. The third-order valence-electron chi connectivity index (χ3n) is 2.90. The smallest absolute Gasteiger partial charge is 0.237 e. The number of benzene rings is 1. The van der Waals surface area contributed by atoms with Crippen LogP contribution in [-0.2, 0) is 4.79 Å². The van der Waals surface area contributed by atoms with E-state index in [9.17, 15) is 4.79 Å². The molecule has 1 aromatic heterocycles. The number of nitrogens with one attached hydrogen (secondary N) is 1. The highest BCUT2D eigenvalue weighted by atomic mass is 35.5. The van der Waals surface area contributed by atoms with E-state index < -0.39 is 0 Å². The van der Waals surface area contributed by atoms with Gasteiger partial charge in [0.15, 0.2) is 0 Å². The van der Waals surface area contributed by atoms with Gasteiger partial charge in [-0.1, -0.05) is 29.4 Å². The number of nitrogen functional groups attached to an aromatic ring is 1. The van der Waals surface area contributed by atoms with Gasteiger partial charge in [0.25, 0.3) is 0 Å². The molecular formula is C15H16ClN3OS. The van der Waals surface area contributed by atoms with Crippen molar-refractivity contribution in [3.8, 4) is 0 Å². The van der Waals surface area contributed by atoms with Crippen molar-refractivity contribution >= 4 is 40.6 Å². The summed E-state index contributed by atoms with van der Waals surface area (Å²) in [7, 11) is 0. The van der Waals surface area contributed by atoms with Crippen molar-refractivity contribution in [3.63, 3.8) is 0 Å². The first-order valence-electron chi connectivity index (χ1n) is 6.41. The Bertz CT molecular complexity index is 663. The van der Waals surface area contributed by atoms with E-state index in [2.05, 4.69) is 10.3 Å². The third-order valence-corrected chi connectivity index (χ3v) is 4.44. The van der Waals surface area contributed by atoms with Gasteiger partial charge in [0.2, 0.25) is 5.91 Å². The van der Waals surface area contributed by atoms with E-state index >= 15 is 0 Å². The zero-order valence-electron chi connectivity index (χ0n) is 11.8. The van der Waals surface area contributed by atoms with Crippen LogP contribution in [0.15, 0.2) is 41.6 Å². The first kappa shape index (κ1) is 15.7. The molecule has 1 heterocycles. The zero-order valence-corrected chi connectivity index (χ0v) is 13.3. The van der Waals surface area contributed by atoms with Crippen molar-refractivity contribution in [3.05, 3.63) is 47.1 Å². The summed E-state index contributed by atoms with van der Waals surface area (Å²) in [4.78, 5) is 16.4. The molecule has 0 aliphatic carbocycles. The minimum absolute atomic E-state index is 0.115. The summed E-state index contributed by atoms with van der Waals surface area (Å²) < 4.78 is 0. The molecule has 4 nitrogen and oxygen atoms in total. The first-order valence-corrected chi connectivity index (χ1v) is 7.67. The lowest BCUT2D eigenvalue weighted by Gasteiger charge is -2.14. The SMILES string of the molecule is Cc1ccc(N)cc1NC(=O)C(C)Sc1ncccc1Cl. The Kier molecular flexibility index (Phi) is 5.09. The van der Waals surface area contributed by atoms with Gasteiger partial charge in [-0.3, -0.25) is 4.79 Å². The van der Waals surface area contributed by atoms with Crippen LogP contribution in [0, 0.1) is 6.92 Å². The molecule has 0 fully saturated rings. The maximum absolute atomic E-state index is 12.2. The van der Waals surface area contributed by atoms with Crippen molar-refractivity contribution in [1.29, 1.82) is 0 Å². The van der Waals surface area contributed by atoms with Gasteiger partial charge in [-0.25, -0.2) is 4.98 Å². The van der Waals surface area contributed by atoms with Crippen LogP contribution < -0.4 is 11.1 Å². The molecule has 1 aromatic carbocycles. The van der Waals surface area contributed by atoms with Crippen LogP contribution in [0.4, 0.5) is 11.4 Å². The largest absolute Gasteiger partial charge is 0.399 e. The Labute approximate surface area is 133 Å². The van der Waals surface area contributed by atoms with Crippen molar-refractivity contribution in [2.45, 2.75) is 24.1 Å². The van der Waals surface area contributed by atoms with Crippen LogP contribution in [0.25, 0.3) is 0 Å². The first-order chi connectivity index (χ1) is 9.97. The average molecular weight is 322 g/mol. The maximum atomic E-state index is 12.2. The fraction of sp³-hybridized carbons (Fsp3) is 0.200. The number of thioether (sulfide) groups is 1. The van der Waals surface area contributed by atoms with Gasteiger partial charge in [0, 0.05) is 17.6 Å². The average Bonchev–Trinajstić information content (AvgIpc) is 2.45. The van der Waals surface area contributed by atoms with Gasteiger partial charge in [-0.05, 0) is 43.7 Å². The number of pyridine rings is 1. The summed E-state index contributed by atoms with van der Waals surface area (Å²) in [6.45, 7) is 3.73. The summed E-state index contributed by atoms with van der Waals surface area (Å²) in [5, 5.41) is 3.75. The second-order valence-corrected chi connectivity index (χ2v) is 6.35. The highest BCUT2D eigenvalue weighted by Crippen LogP contribution is 2.29. The fourth-order valence-electron chi connectivity index (χ4n) is 1.69. The Morgan fingerprint density at radius 3 is 2.90 bits per heavy atom. The number of halogens is 1. The predicted molar refractivity (Wildman–Crippen MR) is 88.8 cm³/mol. The van der Waals surface area contributed by atoms with Crippen molar-refractivity contribution in [2.24, 2.45) is 0 Å². The van der Waals surface area contributed by atoms with Crippen molar-refractivity contribution in [1.82, 2.24) is 4.98 Å². The predicted octanol–water partition coefficient (Wildman–Crippen LogP) is 3.74. The number of hydrogen-bond donors (Lipinski definition) is 2. The Morgan fingerprint density at radius 2 is 2.19 bits per heavy atom. The van der Waals surface area contributed by atoms with E-state index in [4.69, 9.17) is 17.3 Å². The molecular weight excluding hydrogens is 306 g/mol. The number of hydrogen-bond acceptors (Lipinski definition) is 4. The van der Waals surface area contributed by atoms with E-state index in [0.29, 0.717) is 15.7 Å². The van der Waals surface area contributed by atoms with Crippen LogP contribution in [0.1, 0.15) is 12.5 Å². The number of carbonyl (C=O) groups excluding carboxylic acids is 1. The number of carbonyl (C=O) groups is 1. The normalized spacial score (nSPS) is 12.0. The Hall–Kier alpha value is -1.72. The molecule has 1 atom stereocenters. The van der Waals surface area contributed by atoms with Crippen LogP contribution >= 0.6 is 23.4 Å². The summed E-state index contributed by atoms with van der Waals surface area (Å²) >= 11 is 7.37. The van der Waals surface area contributed by atoms with Gasteiger partial charge >= 0.3 is 0 Å². The monoisotopic (exact) mass is 321 g/mol. The zero-order chi connectivity index (χ0) is 15.4. The number of aryl methyl sites for hydroxylation is 1. The molecule has 0 spiro atoms. The van der Waals surface area contributed by atoms with E-state index in [1.54, 1.807) is 30.5 Å². The number of nitrogens with zero attached hydrogens (tertiary/aromatic N) is 1. The Balaban J connectivity index is 2.06. The van der Waals surface area contributed by atoms with E-state index in [0.717, 1.165) is 11.3 Å². The lowest BCUT2D eigenvalue weighted by molar-refractivity contribution is -0.115. The van der Waals surface area contributed by atoms with Gasteiger partial charge < -0.3 is 11.1 Å². The summed E-state index contributed by atoms with van der Waals surface area (Å²) in [6.07, 6.45) is 1.65. The van der Waals surface area contributed by atoms with Crippen LogP contribution in [-0.4, -0.2) is 16.1 Å². The highest BCUT2D eigenvalue weighted by molar-refractivity contribution is 8.00. The molecule has 0 aliphatic heterocycles.